The zero-order chi connectivity index (χ0) is 34.5. The SMILES string of the molecule is Clc1cccc(C(c2ccc(CN3CCCNCCNCCCNCC3)cc2)c2ccc(CN3CCCNCCNCCCNCC3)cc2)c1. The Bertz CT molecular complexity index is 1210. The van der Waals surface area contributed by atoms with Gasteiger partial charge in [-0.15, -0.1) is 0 Å². The van der Waals surface area contributed by atoms with Crippen molar-refractivity contribution >= 4 is 11.6 Å². The predicted molar refractivity (Wildman–Crippen MR) is 212 cm³/mol. The van der Waals surface area contributed by atoms with E-state index in [1.54, 1.807) is 0 Å². The summed E-state index contributed by atoms with van der Waals surface area (Å²) in [6.45, 7) is 18.9. The number of nitrogens with zero attached hydrogens (tertiary/aromatic N) is 2. The first-order chi connectivity index (χ1) is 24.7. The second-order valence-corrected chi connectivity index (χ2v) is 14.4. The fraction of sp³-hybridized carbons (Fsp3) is 0.561. The molecule has 9 heteroatoms. The van der Waals surface area contributed by atoms with Gasteiger partial charge in [-0.3, -0.25) is 9.80 Å². The minimum Gasteiger partial charge on any atom is -0.315 e. The zero-order valence-corrected chi connectivity index (χ0v) is 31.1. The van der Waals surface area contributed by atoms with Gasteiger partial charge >= 0.3 is 0 Å². The number of rotatable bonds is 7. The third-order valence-electron chi connectivity index (χ3n) is 9.86. The minimum atomic E-state index is 0.121. The van der Waals surface area contributed by atoms with Crippen molar-refractivity contribution in [1.82, 2.24) is 41.7 Å². The molecule has 3 aromatic rings. The standard InChI is InChI=1S/C41H63ClN8/c42-40-7-1-6-39(32-40)41(37-12-8-35(9-13-37)33-49-28-4-20-45-24-22-43-16-2-18-47-26-30-49)38-14-10-36(11-15-38)34-50-29-5-21-46-25-23-44-17-3-19-48-27-31-50/h1,6-15,32,41,43-48H,2-5,16-31,33-34H2. The summed E-state index contributed by atoms with van der Waals surface area (Å²) in [7, 11) is 0. The van der Waals surface area contributed by atoms with Gasteiger partial charge in [-0.25, -0.2) is 0 Å². The molecule has 2 heterocycles. The molecule has 0 spiro atoms. The second kappa shape index (κ2) is 23.2. The van der Waals surface area contributed by atoms with Crippen molar-refractivity contribution < 1.29 is 0 Å². The fourth-order valence-corrected chi connectivity index (χ4v) is 7.26. The van der Waals surface area contributed by atoms with Crippen LogP contribution < -0.4 is 31.9 Å². The molecular weight excluding hydrogens is 640 g/mol. The van der Waals surface area contributed by atoms with Crippen LogP contribution in [0.5, 0.6) is 0 Å². The summed E-state index contributed by atoms with van der Waals surface area (Å²) in [6.07, 6.45) is 4.66. The van der Waals surface area contributed by atoms with Crippen LogP contribution in [0.15, 0.2) is 72.8 Å². The van der Waals surface area contributed by atoms with E-state index >= 15 is 0 Å². The van der Waals surface area contributed by atoms with Gasteiger partial charge in [0, 0.05) is 76.4 Å². The lowest BCUT2D eigenvalue weighted by Gasteiger charge is -2.25. The van der Waals surface area contributed by atoms with E-state index in [1.165, 1.54) is 40.7 Å². The van der Waals surface area contributed by atoms with Gasteiger partial charge in [-0.2, -0.15) is 0 Å². The van der Waals surface area contributed by atoms with Crippen LogP contribution in [0.4, 0.5) is 0 Å². The highest BCUT2D eigenvalue weighted by Gasteiger charge is 2.18. The Kier molecular flexibility index (Phi) is 18.1. The van der Waals surface area contributed by atoms with Crippen LogP contribution in [-0.4, -0.2) is 115 Å². The van der Waals surface area contributed by atoms with Crippen LogP contribution >= 0.6 is 11.6 Å². The molecule has 50 heavy (non-hydrogen) atoms. The van der Waals surface area contributed by atoms with Crippen LogP contribution in [0.25, 0.3) is 0 Å². The Labute approximate surface area is 307 Å². The lowest BCUT2D eigenvalue weighted by Crippen LogP contribution is -2.36. The van der Waals surface area contributed by atoms with Crippen molar-refractivity contribution in [1.29, 1.82) is 0 Å². The largest absolute Gasteiger partial charge is 0.315 e. The van der Waals surface area contributed by atoms with Gasteiger partial charge in [0.05, 0.1) is 0 Å². The van der Waals surface area contributed by atoms with Crippen molar-refractivity contribution in [2.75, 3.05) is 105 Å². The number of hydrogen-bond donors (Lipinski definition) is 6. The van der Waals surface area contributed by atoms with Gasteiger partial charge in [0.2, 0.25) is 0 Å². The molecule has 274 valence electrons. The highest BCUT2D eigenvalue weighted by atomic mass is 35.5. The Balaban J connectivity index is 1.25. The highest BCUT2D eigenvalue weighted by Crippen LogP contribution is 2.33. The van der Waals surface area contributed by atoms with E-state index < -0.39 is 0 Å². The first-order valence-electron chi connectivity index (χ1n) is 19.4. The molecule has 2 saturated heterocycles. The van der Waals surface area contributed by atoms with E-state index in [4.69, 9.17) is 11.6 Å². The number of nitrogens with one attached hydrogen (secondary N) is 6. The molecule has 3 aromatic carbocycles. The first kappa shape index (κ1) is 38.9. The van der Waals surface area contributed by atoms with Gasteiger partial charge in [0.15, 0.2) is 0 Å². The average Bonchev–Trinajstić information content (AvgIpc) is 3.13. The number of halogens is 1. The predicted octanol–water partition coefficient (Wildman–Crippen LogP) is 4.25. The first-order valence-corrected chi connectivity index (χ1v) is 19.7. The topological polar surface area (TPSA) is 78.7 Å². The Morgan fingerprint density at radius 3 is 1.30 bits per heavy atom. The second-order valence-electron chi connectivity index (χ2n) is 13.9. The molecule has 2 aliphatic rings. The summed E-state index contributed by atoms with van der Waals surface area (Å²) < 4.78 is 0. The normalized spacial score (nSPS) is 19.8. The lowest BCUT2D eigenvalue weighted by molar-refractivity contribution is 0.260. The van der Waals surface area contributed by atoms with E-state index in [0.717, 1.165) is 136 Å². The van der Waals surface area contributed by atoms with Crippen molar-refractivity contribution in [3.8, 4) is 0 Å². The summed E-state index contributed by atoms with van der Waals surface area (Å²) in [5, 5.41) is 22.3. The van der Waals surface area contributed by atoms with Crippen molar-refractivity contribution in [3.63, 3.8) is 0 Å². The number of hydrogen-bond acceptors (Lipinski definition) is 8. The Morgan fingerprint density at radius 1 is 0.440 bits per heavy atom. The summed E-state index contributed by atoms with van der Waals surface area (Å²) in [6, 6.07) is 27.1. The molecule has 0 amide bonds. The maximum absolute atomic E-state index is 6.56. The van der Waals surface area contributed by atoms with Gasteiger partial charge in [-0.1, -0.05) is 72.3 Å². The molecular formula is C41H63ClN8. The van der Waals surface area contributed by atoms with Crippen LogP contribution in [-0.2, 0) is 13.1 Å². The monoisotopic (exact) mass is 702 g/mol. The minimum absolute atomic E-state index is 0.121. The Hall–Kier alpha value is -2.37. The molecule has 0 unspecified atom stereocenters. The molecule has 0 atom stereocenters. The smallest absolute Gasteiger partial charge is 0.0409 e. The van der Waals surface area contributed by atoms with Gasteiger partial charge in [0.25, 0.3) is 0 Å². The van der Waals surface area contributed by atoms with E-state index in [9.17, 15) is 0 Å². The van der Waals surface area contributed by atoms with E-state index in [-0.39, 0.29) is 5.92 Å². The van der Waals surface area contributed by atoms with Crippen LogP contribution in [0, 0.1) is 0 Å². The molecule has 0 bridgehead atoms. The summed E-state index contributed by atoms with van der Waals surface area (Å²) >= 11 is 6.56. The van der Waals surface area contributed by atoms with Gasteiger partial charge < -0.3 is 31.9 Å². The zero-order valence-electron chi connectivity index (χ0n) is 30.3. The molecule has 5 rings (SSSR count). The fourth-order valence-electron chi connectivity index (χ4n) is 7.06. The molecule has 2 aliphatic heterocycles. The van der Waals surface area contributed by atoms with E-state index in [1.807, 2.05) is 6.07 Å². The van der Waals surface area contributed by atoms with Gasteiger partial charge in [0.1, 0.15) is 0 Å². The molecule has 0 radical (unpaired) electrons. The van der Waals surface area contributed by atoms with Crippen LogP contribution in [0.3, 0.4) is 0 Å². The molecule has 8 nitrogen and oxygen atoms in total. The molecule has 0 aliphatic carbocycles. The molecule has 6 N–H and O–H groups in total. The summed E-state index contributed by atoms with van der Waals surface area (Å²) in [4.78, 5) is 5.21. The average molecular weight is 703 g/mol. The summed E-state index contributed by atoms with van der Waals surface area (Å²) in [5.74, 6) is 0.121. The third-order valence-corrected chi connectivity index (χ3v) is 10.1. The quantitative estimate of drug-likeness (QED) is 0.204. The lowest BCUT2D eigenvalue weighted by atomic mass is 9.84. The van der Waals surface area contributed by atoms with Gasteiger partial charge in [-0.05, 0) is 118 Å². The summed E-state index contributed by atoms with van der Waals surface area (Å²) in [5.41, 5.74) is 6.56. The van der Waals surface area contributed by atoms with Crippen molar-refractivity contribution in [2.24, 2.45) is 0 Å². The van der Waals surface area contributed by atoms with Crippen molar-refractivity contribution in [2.45, 2.75) is 44.7 Å². The number of benzene rings is 3. The van der Waals surface area contributed by atoms with Crippen molar-refractivity contribution in [3.05, 3.63) is 106 Å². The molecule has 0 saturated carbocycles. The maximum Gasteiger partial charge on any atom is 0.0409 e. The Morgan fingerprint density at radius 2 is 0.860 bits per heavy atom. The highest BCUT2D eigenvalue weighted by molar-refractivity contribution is 6.30. The molecule has 0 aromatic heterocycles. The molecule has 2 fully saturated rings. The van der Waals surface area contributed by atoms with Crippen LogP contribution in [0.2, 0.25) is 5.02 Å². The van der Waals surface area contributed by atoms with E-state index in [2.05, 4.69) is 108 Å². The third kappa shape index (κ3) is 14.3. The van der Waals surface area contributed by atoms with Crippen LogP contribution in [0.1, 0.15) is 59.4 Å². The van der Waals surface area contributed by atoms with E-state index in [0.29, 0.717) is 0 Å². The maximum atomic E-state index is 6.56.